The van der Waals surface area contributed by atoms with E-state index in [2.05, 4.69) is 11.8 Å². The molecule has 0 amide bonds. The molecule has 0 spiro atoms. The third-order valence-corrected chi connectivity index (χ3v) is 2.56. The van der Waals surface area contributed by atoms with Crippen molar-refractivity contribution in [1.29, 1.82) is 0 Å². The van der Waals surface area contributed by atoms with Crippen LogP contribution in [0.4, 0.5) is 0 Å². The van der Waals surface area contributed by atoms with E-state index in [9.17, 15) is 4.79 Å². The van der Waals surface area contributed by atoms with Crippen molar-refractivity contribution in [2.45, 2.75) is 6.54 Å². The van der Waals surface area contributed by atoms with Crippen molar-refractivity contribution in [2.24, 2.45) is 5.73 Å². The normalized spacial score (nSPS) is 9.61. The van der Waals surface area contributed by atoms with Crippen LogP contribution in [0.1, 0.15) is 11.1 Å². The Morgan fingerprint density at radius 2 is 1.83 bits per heavy atom. The molecule has 18 heavy (non-hydrogen) atoms. The number of rotatable bonds is 2. The standard InChI is InChI=1S/C15H14N2O/c16-9-3-6-13-4-1-2-5-14(13)12-17-10-7-15(18)8-11-17/h1-2,4-5,7-8,10-11H,9,12,16H2. The Morgan fingerprint density at radius 3 is 2.56 bits per heavy atom. The molecule has 2 rings (SSSR count). The highest BCUT2D eigenvalue weighted by Gasteiger charge is 1.99. The van der Waals surface area contributed by atoms with Gasteiger partial charge < -0.3 is 10.3 Å². The molecule has 0 saturated carbocycles. The molecule has 90 valence electrons. The van der Waals surface area contributed by atoms with Gasteiger partial charge >= 0.3 is 0 Å². The summed E-state index contributed by atoms with van der Waals surface area (Å²) in [6.45, 7) is 1.04. The minimum absolute atomic E-state index is 0.0162. The maximum Gasteiger partial charge on any atom is 0.181 e. The van der Waals surface area contributed by atoms with Crippen LogP contribution >= 0.6 is 0 Å². The monoisotopic (exact) mass is 238 g/mol. The minimum Gasteiger partial charge on any atom is -0.350 e. The first-order valence-corrected chi connectivity index (χ1v) is 5.72. The molecular weight excluding hydrogens is 224 g/mol. The Hall–Kier alpha value is -2.31. The van der Waals surface area contributed by atoms with E-state index >= 15 is 0 Å². The quantitative estimate of drug-likeness (QED) is 0.799. The van der Waals surface area contributed by atoms with Gasteiger partial charge in [0, 0.05) is 36.6 Å². The second-order valence-corrected chi connectivity index (χ2v) is 3.87. The number of hydrogen-bond acceptors (Lipinski definition) is 2. The number of nitrogens with zero attached hydrogens (tertiary/aromatic N) is 1. The number of nitrogens with two attached hydrogens (primary N) is 1. The van der Waals surface area contributed by atoms with Crippen molar-refractivity contribution in [3.8, 4) is 11.8 Å². The number of pyridine rings is 1. The van der Waals surface area contributed by atoms with E-state index in [0.29, 0.717) is 13.1 Å². The van der Waals surface area contributed by atoms with Crippen LogP contribution in [0.5, 0.6) is 0 Å². The Bertz CT molecular complexity index is 627. The molecule has 0 aliphatic heterocycles. The summed E-state index contributed by atoms with van der Waals surface area (Å²) in [4.78, 5) is 11.0. The van der Waals surface area contributed by atoms with Gasteiger partial charge in [0.2, 0.25) is 0 Å². The van der Waals surface area contributed by atoms with Gasteiger partial charge in [-0.15, -0.1) is 0 Å². The van der Waals surface area contributed by atoms with Gasteiger partial charge in [-0.3, -0.25) is 4.79 Å². The highest BCUT2D eigenvalue weighted by Crippen LogP contribution is 2.08. The average molecular weight is 238 g/mol. The van der Waals surface area contributed by atoms with Crippen LogP contribution in [0.15, 0.2) is 53.6 Å². The molecule has 2 aromatic rings. The van der Waals surface area contributed by atoms with Gasteiger partial charge in [0.05, 0.1) is 6.54 Å². The van der Waals surface area contributed by atoms with Crippen molar-refractivity contribution in [3.05, 3.63) is 70.1 Å². The largest absolute Gasteiger partial charge is 0.350 e. The van der Waals surface area contributed by atoms with Crippen LogP contribution < -0.4 is 11.2 Å². The fourth-order valence-corrected chi connectivity index (χ4v) is 1.67. The first kappa shape index (κ1) is 12.2. The first-order chi connectivity index (χ1) is 8.79. The lowest BCUT2D eigenvalue weighted by Gasteiger charge is -2.07. The van der Waals surface area contributed by atoms with Gasteiger partial charge in [-0.05, 0) is 11.6 Å². The molecule has 0 fully saturated rings. The molecule has 3 heteroatoms. The molecule has 0 aliphatic carbocycles. The summed E-state index contributed by atoms with van der Waals surface area (Å²) in [5, 5.41) is 0. The van der Waals surface area contributed by atoms with Crippen LogP contribution in [-0.2, 0) is 6.54 Å². The summed E-state index contributed by atoms with van der Waals surface area (Å²) in [6, 6.07) is 11.0. The van der Waals surface area contributed by atoms with Crippen molar-refractivity contribution < 1.29 is 0 Å². The Morgan fingerprint density at radius 1 is 1.11 bits per heavy atom. The summed E-state index contributed by atoms with van der Waals surface area (Å²) >= 11 is 0. The summed E-state index contributed by atoms with van der Waals surface area (Å²) in [7, 11) is 0. The molecule has 1 aromatic heterocycles. The van der Waals surface area contributed by atoms with Crippen molar-refractivity contribution >= 4 is 0 Å². The zero-order valence-corrected chi connectivity index (χ0v) is 9.97. The number of benzene rings is 1. The third-order valence-electron chi connectivity index (χ3n) is 2.56. The molecule has 0 aliphatic rings. The first-order valence-electron chi connectivity index (χ1n) is 5.72. The predicted molar refractivity (Wildman–Crippen MR) is 72.2 cm³/mol. The smallest absolute Gasteiger partial charge is 0.181 e. The van der Waals surface area contributed by atoms with Gasteiger partial charge in [0.1, 0.15) is 0 Å². The number of hydrogen-bond donors (Lipinski definition) is 1. The Kier molecular flexibility index (Phi) is 3.95. The lowest BCUT2D eigenvalue weighted by atomic mass is 10.1. The van der Waals surface area contributed by atoms with Crippen molar-refractivity contribution in [2.75, 3.05) is 6.54 Å². The molecule has 1 aromatic carbocycles. The van der Waals surface area contributed by atoms with E-state index < -0.39 is 0 Å². The van der Waals surface area contributed by atoms with Crippen LogP contribution in [-0.4, -0.2) is 11.1 Å². The second kappa shape index (κ2) is 5.85. The molecule has 0 unspecified atom stereocenters. The lowest BCUT2D eigenvalue weighted by molar-refractivity contribution is 0.787. The second-order valence-electron chi connectivity index (χ2n) is 3.87. The van der Waals surface area contributed by atoms with E-state index in [4.69, 9.17) is 5.73 Å². The average Bonchev–Trinajstić information content (AvgIpc) is 2.40. The van der Waals surface area contributed by atoms with Crippen molar-refractivity contribution in [1.82, 2.24) is 4.57 Å². The molecule has 0 atom stereocenters. The molecule has 3 nitrogen and oxygen atoms in total. The van der Waals surface area contributed by atoms with Gasteiger partial charge in [-0.2, -0.15) is 0 Å². The van der Waals surface area contributed by atoms with E-state index in [1.807, 2.05) is 28.8 Å². The van der Waals surface area contributed by atoms with Crippen LogP contribution in [0, 0.1) is 11.8 Å². The van der Waals surface area contributed by atoms with Gasteiger partial charge in [-0.1, -0.05) is 30.0 Å². The molecule has 1 heterocycles. The highest BCUT2D eigenvalue weighted by molar-refractivity contribution is 5.41. The highest BCUT2D eigenvalue weighted by atomic mass is 16.1. The summed E-state index contributed by atoms with van der Waals surface area (Å²) in [5.74, 6) is 5.91. The zero-order chi connectivity index (χ0) is 12.8. The lowest BCUT2D eigenvalue weighted by Crippen LogP contribution is -2.05. The topological polar surface area (TPSA) is 48.0 Å². The maximum atomic E-state index is 11.0. The summed E-state index contributed by atoms with van der Waals surface area (Å²) in [5.41, 5.74) is 7.49. The molecular formula is C15H14N2O. The fourth-order valence-electron chi connectivity index (χ4n) is 1.67. The maximum absolute atomic E-state index is 11.0. The van der Waals surface area contributed by atoms with E-state index in [0.717, 1.165) is 11.1 Å². The SMILES string of the molecule is NCC#Cc1ccccc1Cn1ccc(=O)cc1. The molecule has 0 radical (unpaired) electrons. The van der Waals surface area contributed by atoms with Crippen LogP contribution in [0.25, 0.3) is 0 Å². The summed E-state index contributed by atoms with van der Waals surface area (Å²) in [6.07, 6.45) is 3.55. The van der Waals surface area contributed by atoms with Crippen LogP contribution in [0.3, 0.4) is 0 Å². The van der Waals surface area contributed by atoms with Crippen molar-refractivity contribution in [3.63, 3.8) is 0 Å². The van der Waals surface area contributed by atoms with E-state index in [1.54, 1.807) is 24.5 Å². The summed E-state index contributed by atoms with van der Waals surface area (Å²) < 4.78 is 1.95. The molecule has 0 bridgehead atoms. The van der Waals surface area contributed by atoms with Gasteiger partial charge in [-0.25, -0.2) is 0 Å². The van der Waals surface area contributed by atoms with Crippen LogP contribution in [0.2, 0.25) is 0 Å². The Labute approximate surface area is 106 Å². The van der Waals surface area contributed by atoms with E-state index in [1.165, 1.54) is 0 Å². The molecule has 0 saturated heterocycles. The molecule has 2 N–H and O–H groups in total. The predicted octanol–water partition coefficient (Wildman–Crippen LogP) is 1.21. The number of aromatic nitrogens is 1. The zero-order valence-electron chi connectivity index (χ0n) is 9.97. The van der Waals surface area contributed by atoms with E-state index in [-0.39, 0.29) is 5.43 Å². The third kappa shape index (κ3) is 3.09. The van der Waals surface area contributed by atoms with Gasteiger partial charge in [0.15, 0.2) is 5.43 Å². The minimum atomic E-state index is 0.0162. The fraction of sp³-hybridized carbons (Fsp3) is 0.133. The van der Waals surface area contributed by atoms with Gasteiger partial charge in [0.25, 0.3) is 0 Å². The Balaban J connectivity index is 2.28.